The lowest BCUT2D eigenvalue weighted by molar-refractivity contribution is -0.0902. The van der Waals surface area contributed by atoms with Crippen molar-refractivity contribution in [3.8, 4) is 0 Å². The molecule has 2 atom stereocenters. The first-order chi connectivity index (χ1) is 7.65. The van der Waals surface area contributed by atoms with Crippen molar-refractivity contribution in [2.75, 3.05) is 7.11 Å². The van der Waals surface area contributed by atoms with Crippen LogP contribution in [0.5, 0.6) is 0 Å². The second-order valence-electron chi connectivity index (χ2n) is 3.68. The van der Waals surface area contributed by atoms with Crippen molar-refractivity contribution in [2.45, 2.75) is 11.8 Å². The van der Waals surface area contributed by atoms with Crippen LogP contribution in [0.15, 0.2) is 53.0 Å². The summed E-state index contributed by atoms with van der Waals surface area (Å²) < 4.78 is 20.2. The first-order valence-electron chi connectivity index (χ1n) is 5.01. The summed E-state index contributed by atoms with van der Waals surface area (Å²) in [5.41, 5.74) is 0.902. The Hall–Kier alpha value is -0.930. The van der Waals surface area contributed by atoms with Gasteiger partial charge in [-0.2, -0.15) is 0 Å². The van der Waals surface area contributed by atoms with Gasteiger partial charge in [-0.25, -0.2) is 4.39 Å². The number of allylic oxidation sites excluding steroid dienone is 2. The number of halogens is 2. The average molecular weight is 283 g/mol. The SMILES string of the molecule is COC1(F)C=C(Br)C=CC1c1ccccc1. The van der Waals surface area contributed by atoms with E-state index in [0.717, 1.165) is 5.56 Å². The molecule has 1 aliphatic rings. The Labute approximate surface area is 103 Å². The zero-order chi connectivity index (χ0) is 11.6. The fourth-order valence-electron chi connectivity index (χ4n) is 1.83. The van der Waals surface area contributed by atoms with Gasteiger partial charge in [0.2, 0.25) is 5.85 Å². The number of benzene rings is 1. The van der Waals surface area contributed by atoms with Crippen LogP contribution in [0.25, 0.3) is 0 Å². The molecule has 1 nitrogen and oxygen atoms in total. The summed E-state index contributed by atoms with van der Waals surface area (Å²) in [6.45, 7) is 0. The third kappa shape index (κ3) is 2.11. The molecule has 0 aromatic heterocycles. The Morgan fingerprint density at radius 2 is 2.00 bits per heavy atom. The van der Waals surface area contributed by atoms with Crippen LogP contribution in [0.3, 0.4) is 0 Å². The quantitative estimate of drug-likeness (QED) is 0.799. The third-order valence-corrected chi connectivity index (χ3v) is 3.17. The molecule has 0 amide bonds. The minimum Gasteiger partial charge on any atom is -0.345 e. The number of hydrogen-bond donors (Lipinski definition) is 0. The average Bonchev–Trinajstić information content (AvgIpc) is 2.30. The molecule has 1 aromatic carbocycles. The van der Waals surface area contributed by atoms with Crippen molar-refractivity contribution in [1.82, 2.24) is 0 Å². The predicted molar refractivity (Wildman–Crippen MR) is 66.2 cm³/mol. The highest BCUT2D eigenvalue weighted by molar-refractivity contribution is 9.11. The van der Waals surface area contributed by atoms with Crippen molar-refractivity contribution >= 4 is 15.9 Å². The summed E-state index contributed by atoms with van der Waals surface area (Å²) >= 11 is 3.26. The maximum Gasteiger partial charge on any atom is 0.239 e. The summed E-state index contributed by atoms with van der Waals surface area (Å²) in [7, 11) is 1.38. The van der Waals surface area contributed by atoms with Crippen LogP contribution in [-0.4, -0.2) is 13.0 Å². The van der Waals surface area contributed by atoms with Crippen molar-refractivity contribution in [2.24, 2.45) is 0 Å². The zero-order valence-electron chi connectivity index (χ0n) is 8.86. The van der Waals surface area contributed by atoms with E-state index in [2.05, 4.69) is 15.9 Å². The highest BCUT2D eigenvalue weighted by atomic mass is 79.9. The number of ether oxygens (including phenoxy) is 1. The molecule has 16 heavy (non-hydrogen) atoms. The minimum atomic E-state index is -1.78. The van der Waals surface area contributed by atoms with Crippen LogP contribution in [0.4, 0.5) is 4.39 Å². The molecule has 0 bridgehead atoms. The van der Waals surface area contributed by atoms with Gasteiger partial charge in [-0.3, -0.25) is 0 Å². The van der Waals surface area contributed by atoms with Gasteiger partial charge in [0.25, 0.3) is 0 Å². The summed E-state index contributed by atoms with van der Waals surface area (Å²) in [6.07, 6.45) is 5.10. The number of rotatable bonds is 2. The van der Waals surface area contributed by atoms with E-state index in [1.165, 1.54) is 13.2 Å². The lowest BCUT2D eigenvalue weighted by atomic mass is 9.88. The van der Waals surface area contributed by atoms with E-state index in [1.807, 2.05) is 42.5 Å². The first-order valence-corrected chi connectivity index (χ1v) is 5.80. The van der Waals surface area contributed by atoms with Crippen LogP contribution >= 0.6 is 15.9 Å². The van der Waals surface area contributed by atoms with Gasteiger partial charge in [0, 0.05) is 11.6 Å². The van der Waals surface area contributed by atoms with Gasteiger partial charge in [-0.15, -0.1) is 0 Å². The van der Waals surface area contributed by atoms with Gasteiger partial charge < -0.3 is 4.74 Å². The van der Waals surface area contributed by atoms with Gasteiger partial charge in [0.05, 0.1) is 5.92 Å². The van der Waals surface area contributed by atoms with Crippen LogP contribution < -0.4 is 0 Å². The molecule has 0 spiro atoms. The van der Waals surface area contributed by atoms with Crippen LogP contribution in [0.1, 0.15) is 11.5 Å². The molecule has 3 heteroatoms. The molecule has 0 saturated heterocycles. The Kier molecular flexibility index (Phi) is 3.26. The minimum absolute atomic E-state index is 0.403. The van der Waals surface area contributed by atoms with Crippen LogP contribution in [0.2, 0.25) is 0 Å². The van der Waals surface area contributed by atoms with E-state index in [1.54, 1.807) is 0 Å². The Bertz CT molecular complexity index is 427. The van der Waals surface area contributed by atoms with Crippen LogP contribution in [0, 0.1) is 0 Å². The Morgan fingerprint density at radius 1 is 1.31 bits per heavy atom. The normalized spacial score (nSPS) is 28.9. The van der Waals surface area contributed by atoms with Gasteiger partial charge in [-0.05, 0) is 11.6 Å². The smallest absolute Gasteiger partial charge is 0.239 e. The van der Waals surface area contributed by atoms with E-state index >= 15 is 0 Å². The molecule has 0 radical (unpaired) electrons. The summed E-state index contributed by atoms with van der Waals surface area (Å²) in [6, 6.07) is 9.50. The summed E-state index contributed by atoms with van der Waals surface area (Å²) in [5.74, 6) is -2.19. The highest BCUT2D eigenvalue weighted by Gasteiger charge is 2.38. The molecule has 0 N–H and O–H groups in total. The fourth-order valence-corrected chi connectivity index (χ4v) is 2.29. The second-order valence-corrected chi connectivity index (χ2v) is 4.59. The Balaban J connectivity index is 2.39. The first kappa shape index (κ1) is 11.6. The van der Waals surface area contributed by atoms with E-state index in [0.29, 0.717) is 4.48 Å². The van der Waals surface area contributed by atoms with Crippen molar-refractivity contribution in [3.05, 3.63) is 58.6 Å². The molecule has 84 valence electrons. The number of hydrogen-bond acceptors (Lipinski definition) is 1. The maximum atomic E-state index is 14.5. The molecule has 1 aromatic rings. The molecule has 0 aliphatic heterocycles. The molecule has 0 saturated carbocycles. The molecule has 0 fully saturated rings. The van der Waals surface area contributed by atoms with E-state index in [4.69, 9.17) is 4.74 Å². The molecule has 2 unspecified atom stereocenters. The summed E-state index contributed by atoms with van der Waals surface area (Å²) in [4.78, 5) is 0. The van der Waals surface area contributed by atoms with E-state index in [-0.39, 0.29) is 0 Å². The highest BCUT2D eigenvalue weighted by Crippen LogP contribution is 2.40. The second kappa shape index (κ2) is 4.52. The van der Waals surface area contributed by atoms with E-state index in [9.17, 15) is 4.39 Å². The molecular formula is C13H12BrFO. The summed E-state index contributed by atoms with van der Waals surface area (Å²) in [5, 5.41) is 0. The largest absolute Gasteiger partial charge is 0.345 e. The van der Waals surface area contributed by atoms with Gasteiger partial charge in [-0.1, -0.05) is 58.4 Å². The third-order valence-electron chi connectivity index (χ3n) is 2.68. The maximum absolute atomic E-state index is 14.5. The zero-order valence-corrected chi connectivity index (χ0v) is 10.4. The van der Waals surface area contributed by atoms with Crippen molar-refractivity contribution in [3.63, 3.8) is 0 Å². The Morgan fingerprint density at radius 3 is 2.62 bits per heavy atom. The molecular weight excluding hydrogens is 271 g/mol. The molecule has 1 aliphatic carbocycles. The van der Waals surface area contributed by atoms with Gasteiger partial charge in [0.1, 0.15) is 0 Å². The fraction of sp³-hybridized carbons (Fsp3) is 0.231. The monoisotopic (exact) mass is 282 g/mol. The van der Waals surface area contributed by atoms with Crippen LogP contribution in [-0.2, 0) is 4.74 Å². The molecule has 2 rings (SSSR count). The van der Waals surface area contributed by atoms with Gasteiger partial charge in [0.15, 0.2) is 0 Å². The van der Waals surface area contributed by atoms with Crippen molar-refractivity contribution in [1.29, 1.82) is 0 Å². The standard InChI is InChI=1S/C13H12BrFO/c1-16-13(15)9-11(14)7-8-12(13)10-5-3-2-4-6-10/h2-9,12H,1H3. The number of methoxy groups -OCH3 is 1. The van der Waals surface area contributed by atoms with Gasteiger partial charge >= 0.3 is 0 Å². The van der Waals surface area contributed by atoms with Crippen molar-refractivity contribution < 1.29 is 9.13 Å². The number of alkyl halides is 1. The van der Waals surface area contributed by atoms with E-state index < -0.39 is 11.8 Å². The predicted octanol–water partition coefficient (Wildman–Crippen LogP) is 3.93. The topological polar surface area (TPSA) is 9.23 Å². The lowest BCUT2D eigenvalue weighted by Gasteiger charge is -2.30. The molecule has 0 heterocycles. The lowest BCUT2D eigenvalue weighted by Crippen LogP contribution is -2.32.